The predicted octanol–water partition coefficient (Wildman–Crippen LogP) is 3.56. The van der Waals surface area contributed by atoms with Crippen LogP contribution in [0.2, 0.25) is 0 Å². The van der Waals surface area contributed by atoms with E-state index >= 15 is 0 Å². The lowest BCUT2D eigenvalue weighted by molar-refractivity contribution is 0.411. The van der Waals surface area contributed by atoms with Crippen molar-refractivity contribution in [1.82, 2.24) is 9.97 Å². The molecule has 1 saturated carbocycles. The van der Waals surface area contributed by atoms with Crippen molar-refractivity contribution in [2.24, 2.45) is 0 Å². The van der Waals surface area contributed by atoms with Gasteiger partial charge in [-0.2, -0.15) is 0 Å². The summed E-state index contributed by atoms with van der Waals surface area (Å²) in [5.74, 6) is 0.640. The molecule has 0 N–H and O–H groups in total. The molecule has 0 spiro atoms. The number of aromatic nitrogens is 2. The Morgan fingerprint density at radius 3 is 2.68 bits per heavy atom. The lowest BCUT2D eigenvalue weighted by Crippen LogP contribution is -2.39. The lowest BCUT2D eigenvalue weighted by atomic mass is 9.94. The van der Waals surface area contributed by atoms with Crippen molar-refractivity contribution in [3.05, 3.63) is 17.8 Å². The van der Waals surface area contributed by atoms with Gasteiger partial charge in [0.25, 0.3) is 0 Å². The van der Waals surface area contributed by atoms with E-state index in [0.717, 1.165) is 12.8 Å². The topological polar surface area (TPSA) is 29.0 Å². The van der Waals surface area contributed by atoms with E-state index in [4.69, 9.17) is 11.6 Å². The first kappa shape index (κ1) is 14.5. The molecule has 0 saturated heterocycles. The Kier molecular flexibility index (Phi) is 5.37. The van der Waals surface area contributed by atoms with Gasteiger partial charge in [-0.05, 0) is 19.3 Å². The van der Waals surface area contributed by atoms with Crippen molar-refractivity contribution in [3.63, 3.8) is 0 Å². The lowest BCUT2D eigenvalue weighted by Gasteiger charge is -2.35. The Morgan fingerprint density at radius 2 is 2.05 bits per heavy atom. The fraction of sp³-hybridized carbons (Fsp3) is 0.714. The molecular weight excluding hydrogens is 265 g/mol. The predicted molar refractivity (Wildman–Crippen MR) is 76.3 cm³/mol. The molecular formula is C14H21ClFN3. The summed E-state index contributed by atoms with van der Waals surface area (Å²) in [6.07, 6.45) is 7.93. The van der Waals surface area contributed by atoms with Crippen molar-refractivity contribution in [2.45, 2.75) is 51.5 Å². The molecule has 0 atom stereocenters. The molecule has 1 aliphatic carbocycles. The van der Waals surface area contributed by atoms with Crippen LogP contribution in [0.1, 0.15) is 44.7 Å². The van der Waals surface area contributed by atoms with Crippen LogP contribution in [-0.4, -0.2) is 28.4 Å². The summed E-state index contributed by atoms with van der Waals surface area (Å²) < 4.78 is 14.4. The SMILES string of the molecule is CCc1ncnc(N(CCCl)C2CCCCC2)c1F. The van der Waals surface area contributed by atoms with E-state index in [1.165, 1.54) is 25.6 Å². The fourth-order valence-corrected chi connectivity index (χ4v) is 2.97. The van der Waals surface area contributed by atoms with E-state index in [1.54, 1.807) is 0 Å². The normalized spacial score (nSPS) is 16.6. The van der Waals surface area contributed by atoms with Gasteiger partial charge in [0.05, 0.1) is 5.69 Å². The maximum Gasteiger partial charge on any atom is 0.187 e. The summed E-state index contributed by atoms with van der Waals surface area (Å²) in [6, 6.07) is 0.363. The average Bonchev–Trinajstić information content (AvgIpc) is 2.46. The fourth-order valence-electron chi connectivity index (χ4n) is 2.79. The summed E-state index contributed by atoms with van der Waals surface area (Å²) >= 11 is 5.88. The molecule has 3 nitrogen and oxygen atoms in total. The number of alkyl halides is 1. The number of hydrogen-bond acceptors (Lipinski definition) is 3. The summed E-state index contributed by atoms with van der Waals surface area (Å²) in [5.41, 5.74) is 0.486. The Morgan fingerprint density at radius 1 is 1.32 bits per heavy atom. The van der Waals surface area contributed by atoms with Crippen molar-refractivity contribution in [1.29, 1.82) is 0 Å². The van der Waals surface area contributed by atoms with Gasteiger partial charge in [-0.1, -0.05) is 26.2 Å². The minimum Gasteiger partial charge on any atom is -0.350 e. The number of halogens is 2. The molecule has 1 aromatic heterocycles. The Labute approximate surface area is 119 Å². The number of anilines is 1. The Balaban J connectivity index is 2.27. The van der Waals surface area contributed by atoms with Crippen molar-refractivity contribution >= 4 is 17.4 Å². The number of rotatable bonds is 5. The minimum absolute atomic E-state index is 0.277. The molecule has 0 unspecified atom stereocenters. The second-order valence-electron chi connectivity index (χ2n) is 4.99. The molecule has 1 aromatic rings. The van der Waals surface area contributed by atoms with Crippen LogP contribution in [0.15, 0.2) is 6.33 Å². The number of hydrogen-bond donors (Lipinski definition) is 0. The van der Waals surface area contributed by atoms with Crippen LogP contribution in [0.25, 0.3) is 0 Å². The monoisotopic (exact) mass is 285 g/mol. The molecule has 5 heteroatoms. The second-order valence-corrected chi connectivity index (χ2v) is 5.36. The molecule has 1 fully saturated rings. The molecule has 0 aliphatic heterocycles. The van der Waals surface area contributed by atoms with Gasteiger partial charge in [-0.25, -0.2) is 14.4 Å². The molecule has 106 valence electrons. The van der Waals surface area contributed by atoms with Crippen LogP contribution in [0.4, 0.5) is 10.2 Å². The minimum atomic E-state index is -0.277. The van der Waals surface area contributed by atoms with Crippen molar-refractivity contribution in [2.75, 3.05) is 17.3 Å². The first-order valence-corrected chi connectivity index (χ1v) is 7.63. The molecule has 1 heterocycles. The second kappa shape index (κ2) is 7.04. The van der Waals surface area contributed by atoms with Crippen LogP contribution < -0.4 is 4.90 Å². The van der Waals surface area contributed by atoms with Gasteiger partial charge in [0.15, 0.2) is 11.6 Å². The first-order valence-electron chi connectivity index (χ1n) is 7.10. The standard InChI is InChI=1S/C14H21ClFN3/c1-2-12-13(16)14(18-10-17-12)19(9-8-15)11-6-4-3-5-7-11/h10-11H,2-9H2,1H3. The van der Waals surface area contributed by atoms with Gasteiger partial charge in [-0.15, -0.1) is 11.6 Å². The van der Waals surface area contributed by atoms with Crippen molar-refractivity contribution in [3.8, 4) is 0 Å². The molecule has 0 aromatic carbocycles. The van der Waals surface area contributed by atoms with Gasteiger partial charge < -0.3 is 4.90 Å². The Bertz CT molecular complexity index is 408. The first-order chi connectivity index (χ1) is 9.27. The van der Waals surface area contributed by atoms with Crippen LogP contribution in [0, 0.1) is 5.82 Å². The molecule has 1 aliphatic rings. The molecule has 0 radical (unpaired) electrons. The number of aryl methyl sites for hydroxylation is 1. The highest BCUT2D eigenvalue weighted by atomic mass is 35.5. The Hall–Kier alpha value is -0.900. The third-order valence-electron chi connectivity index (χ3n) is 3.79. The van der Waals surface area contributed by atoms with E-state index in [9.17, 15) is 4.39 Å². The van der Waals surface area contributed by atoms with E-state index < -0.39 is 0 Å². The molecule has 0 amide bonds. The zero-order valence-electron chi connectivity index (χ0n) is 11.4. The summed E-state index contributed by atoms with van der Waals surface area (Å²) in [7, 11) is 0. The van der Waals surface area contributed by atoms with E-state index in [-0.39, 0.29) is 5.82 Å². The van der Waals surface area contributed by atoms with Crippen LogP contribution >= 0.6 is 11.6 Å². The van der Waals surface area contributed by atoms with Crippen LogP contribution in [0.3, 0.4) is 0 Å². The van der Waals surface area contributed by atoms with Crippen LogP contribution in [-0.2, 0) is 6.42 Å². The smallest absolute Gasteiger partial charge is 0.187 e. The number of nitrogens with zero attached hydrogens (tertiary/aromatic N) is 3. The van der Waals surface area contributed by atoms with E-state index in [2.05, 4.69) is 9.97 Å². The molecule has 2 rings (SSSR count). The highest BCUT2D eigenvalue weighted by molar-refractivity contribution is 6.18. The summed E-state index contributed by atoms with van der Waals surface area (Å²) in [6.45, 7) is 2.55. The molecule has 0 bridgehead atoms. The van der Waals surface area contributed by atoms with Crippen LogP contribution in [0.5, 0.6) is 0 Å². The van der Waals surface area contributed by atoms with Gasteiger partial charge >= 0.3 is 0 Å². The van der Waals surface area contributed by atoms with Gasteiger partial charge in [0.1, 0.15) is 6.33 Å². The van der Waals surface area contributed by atoms with Gasteiger partial charge in [-0.3, -0.25) is 0 Å². The maximum absolute atomic E-state index is 14.4. The average molecular weight is 286 g/mol. The molecule has 19 heavy (non-hydrogen) atoms. The highest BCUT2D eigenvalue weighted by Gasteiger charge is 2.25. The zero-order chi connectivity index (χ0) is 13.7. The van der Waals surface area contributed by atoms with E-state index in [1.807, 2.05) is 11.8 Å². The highest BCUT2D eigenvalue weighted by Crippen LogP contribution is 2.28. The summed E-state index contributed by atoms with van der Waals surface area (Å²) in [4.78, 5) is 10.2. The van der Waals surface area contributed by atoms with Gasteiger partial charge in [0.2, 0.25) is 0 Å². The van der Waals surface area contributed by atoms with Gasteiger partial charge in [0, 0.05) is 18.5 Å². The van der Waals surface area contributed by atoms with Crippen molar-refractivity contribution < 1.29 is 4.39 Å². The van der Waals surface area contributed by atoms with E-state index in [0.29, 0.717) is 36.4 Å². The quantitative estimate of drug-likeness (QED) is 0.775. The summed E-state index contributed by atoms with van der Waals surface area (Å²) in [5, 5.41) is 0. The maximum atomic E-state index is 14.4. The third kappa shape index (κ3) is 3.35. The zero-order valence-corrected chi connectivity index (χ0v) is 12.2. The third-order valence-corrected chi connectivity index (χ3v) is 3.96. The largest absolute Gasteiger partial charge is 0.350 e.